The lowest BCUT2D eigenvalue weighted by atomic mass is 9.48. The molecule has 1 saturated heterocycles. The van der Waals surface area contributed by atoms with Crippen molar-refractivity contribution in [3.8, 4) is 0 Å². The van der Waals surface area contributed by atoms with Gasteiger partial charge in [0.25, 0.3) is 0 Å². The summed E-state index contributed by atoms with van der Waals surface area (Å²) in [7, 11) is 1.79. The van der Waals surface area contributed by atoms with Crippen LogP contribution in [-0.4, -0.2) is 36.1 Å². The van der Waals surface area contributed by atoms with Crippen molar-refractivity contribution in [1.82, 2.24) is 0 Å². The molecule has 5 aliphatic rings. The van der Waals surface area contributed by atoms with Gasteiger partial charge in [0.15, 0.2) is 0 Å². The quantitative estimate of drug-likeness (QED) is 0.739. The number of fused-ring (bicyclic) bond motifs is 5. The Bertz CT molecular complexity index is 568. The summed E-state index contributed by atoms with van der Waals surface area (Å²) in [5.41, 5.74) is 0.0561. The van der Waals surface area contributed by atoms with Crippen LogP contribution in [0.2, 0.25) is 0 Å². The largest absolute Gasteiger partial charge is 0.387 e. The molecule has 4 saturated carbocycles. The van der Waals surface area contributed by atoms with E-state index in [4.69, 9.17) is 9.47 Å². The lowest BCUT2D eigenvalue weighted by Crippen LogP contribution is -2.55. The highest BCUT2D eigenvalue weighted by molar-refractivity contribution is 5.13. The van der Waals surface area contributed by atoms with Crippen LogP contribution in [0, 0.1) is 40.9 Å². The van der Waals surface area contributed by atoms with Gasteiger partial charge in [-0.05, 0) is 106 Å². The number of methoxy groups -OCH3 is 1. The molecule has 1 heterocycles. The molecule has 0 bridgehead atoms. The molecule has 0 aromatic heterocycles. The van der Waals surface area contributed by atoms with E-state index in [2.05, 4.69) is 13.8 Å². The van der Waals surface area contributed by atoms with Crippen LogP contribution in [0.1, 0.15) is 72.1 Å². The number of aliphatic hydroxyl groups is 1. The zero-order chi connectivity index (χ0) is 18.3. The summed E-state index contributed by atoms with van der Waals surface area (Å²) < 4.78 is 11.7. The van der Waals surface area contributed by atoms with Crippen LogP contribution in [0.3, 0.4) is 0 Å². The minimum atomic E-state index is -0.637. The van der Waals surface area contributed by atoms with E-state index in [9.17, 15) is 5.11 Å². The second-order valence-corrected chi connectivity index (χ2v) is 11.2. The molecule has 0 amide bonds. The van der Waals surface area contributed by atoms with Gasteiger partial charge in [0.05, 0.1) is 23.9 Å². The van der Waals surface area contributed by atoms with Crippen molar-refractivity contribution in [2.75, 3.05) is 13.7 Å². The molecule has 1 N–H and O–H groups in total. The molecule has 4 aliphatic carbocycles. The van der Waals surface area contributed by atoms with Crippen molar-refractivity contribution >= 4 is 0 Å². The average molecular weight is 363 g/mol. The number of hydrogen-bond acceptors (Lipinski definition) is 3. The number of epoxide rings is 1. The Morgan fingerprint density at radius 2 is 1.73 bits per heavy atom. The highest BCUT2D eigenvalue weighted by Crippen LogP contribution is 2.67. The van der Waals surface area contributed by atoms with Crippen LogP contribution in [0.4, 0.5) is 0 Å². The highest BCUT2D eigenvalue weighted by Gasteiger charge is 2.64. The van der Waals surface area contributed by atoms with Crippen LogP contribution in [0.25, 0.3) is 0 Å². The van der Waals surface area contributed by atoms with Crippen molar-refractivity contribution < 1.29 is 14.6 Å². The Morgan fingerprint density at radius 3 is 2.42 bits per heavy atom. The summed E-state index contributed by atoms with van der Waals surface area (Å²) >= 11 is 0. The lowest BCUT2D eigenvalue weighted by molar-refractivity contribution is -0.165. The normalized spacial score (nSPS) is 61.5. The molecule has 0 radical (unpaired) electrons. The Labute approximate surface area is 159 Å². The molecular weight excluding hydrogens is 324 g/mol. The van der Waals surface area contributed by atoms with E-state index in [1.165, 1.54) is 38.5 Å². The summed E-state index contributed by atoms with van der Waals surface area (Å²) in [4.78, 5) is 0. The molecule has 0 spiro atoms. The summed E-state index contributed by atoms with van der Waals surface area (Å²) in [6.45, 7) is 7.96. The first-order valence-corrected chi connectivity index (χ1v) is 11.2. The maximum absolute atomic E-state index is 10.9. The molecule has 1 aliphatic heterocycles. The smallest absolute Gasteiger partial charge is 0.0921 e. The van der Waals surface area contributed by atoms with Crippen LogP contribution >= 0.6 is 0 Å². The molecule has 3 nitrogen and oxygen atoms in total. The summed E-state index contributed by atoms with van der Waals surface area (Å²) in [5, 5.41) is 10.9. The fraction of sp³-hybridized carbons (Fsp3) is 1.00. The Balaban J connectivity index is 1.38. The number of hydrogen-bond donors (Lipinski definition) is 1. The van der Waals surface area contributed by atoms with E-state index in [1.807, 2.05) is 6.92 Å². The monoisotopic (exact) mass is 362 g/mol. The van der Waals surface area contributed by atoms with Crippen molar-refractivity contribution in [3.63, 3.8) is 0 Å². The summed E-state index contributed by atoms with van der Waals surface area (Å²) in [5.74, 6) is 4.93. The maximum atomic E-state index is 10.9. The predicted octanol–water partition coefficient (Wildman–Crippen LogP) is 4.42. The Morgan fingerprint density at radius 1 is 0.962 bits per heavy atom. The van der Waals surface area contributed by atoms with Gasteiger partial charge in [-0.1, -0.05) is 6.92 Å². The molecule has 5 rings (SSSR count). The van der Waals surface area contributed by atoms with E-state index in [0.29, 0.717) is 11.3 Å². The predicted molar refractivity (Wildman–Crippen MR) is 102 cm³/mol. The van der Waals surface area contributed by atoms with Crippen molar-refractivity contribution in [2.24, 2.45) is 40.9 Å². The van der Waals surface area contributed by atoms with E-state index < -0.39 is 5.60 Å². The van der Waals surface area contributed by atoms with Gasteiger partial charge in [-0.15, -0.1) is 0 Å². The van der Waals surface area contributed by atoms with Crippen molar-refractivity contribution in [2.45, 2.75) is 89.4 Å². The highest BCUT2D eigenvalue weighted by atomic mass is 16.6. The molecule has 3 heteroatoms. The van der Waals surface area contributed by atoms with Gasteiger partial charge in [-0.2, -0.15) is 0 Å². The van der Waals surface area contributed by atoms with Crippen molar-refractivity contribution in [1.29, 1.82) is 0 Å². The third kappa shape index (κ3) is 2.42. The minimum Gasteiger partial charge on any atom is -0.387 e. The maximum Gasteiger partial charge on any atom is 0.0921 e. The van der Waals surface area contributed by atoms with E-state index in [0.717, 1.165) is 49.0 Å². The van der Waals surface area contributed by atoms with Gasteiger partial charge < -0.3 is 14.6 Å². The first kappa shape index (κ1) is 17.9. The molecule has 26 heavy (non-hydrogen) atoms. The fourth-order valence-electron chi connectivity index (χ4n) is 8.69. The van der Waals surface area contributed by atoms with E-state index in [1.54, 1.807) is 7.11 Å². The Hall–Kier alpha value is -0.120. The van der Waals surface area contributed by atoms with Gasteiger partial charge in [-0.3, -0.25) is 0 Å². The zero-order valence-electron chi connectivity index (χ0n) is 17.2. The SMILES string of the molecule is CO[C@@H]1C[C@H]2[C@H](CC[C@@H]3[C@@H]2CC[C@]2(C)[C@@H](C4(C)CO4)CC[C@@H]32)C[C@]1(C)O. The second kappa shape index (κ2) is 5.70. The van der Waals surface area contributed by atoms with Crippen LogP contribution in [-0.2, 0) is 9.47 Å². The first-order valence-electron chi connectivity index (χ1n) is 11.2. The van der Waals surface area contributed by atoms with Crippen LogP contribution in [0.5, 0.6) is 0 Å². The van der Waals surface area contributed by atoms with Crippen LogP contribution in [0.15, 0.2) is 0 Å². The van der Waals surface area contributed by atoms with E-state index >= 15 is 0 Å². The molecule has 148 valence electrons. The van der Waals surface area contributed by atoms with Gasteiger partial charge >= 0.3 is 0 Å². The Kier molecular flexibility index (Phi) is 3.94. The second-order valence-electron chi connectivity index (χ2n) is 11.2. The molecular formula is C23H38O3. The fourth-order valence-corrected chi connectivity index (χ4v) is 8.69. The topological polar surface area (TPSA) is 42.0 Å². The molecule has 0 aromatic rings. The van der Waals surface area contributed by atoms with Gasteiger partial charge in [0, 0.05) is 7.11 Å². The van der Waals surface area contributed by atoms with E-state index in [-0.39, 0.29) is 11.7 Å². The lowest BCUT2D eigenvalue weighted by Gasteiger charge is -2.58. The molecule has 0 aromatic carbocycles. The zero-order valence-corrected chi connectivity index (χ0v) is 17.2. The summed E-state index contributed by atoms with van der Waals surface area (Å²) in [6, 6.07) is 0. The van der Waals surface area contributed by atoms with Crippen LogP contribution < -0.4 is 0 Å². The first-order chi connectivity index (χ1) is 12.3. The van der Waals surface area contributed by atoms with Gasteiger partial charge in [0.1, 0.15) is 0 Å². The minimum absolute atomic E-state index is 0.0194. The molecule has 10 atom stereocenters. The van der Waals surface area contributed by atoms with Gasteiger partial charge in [0.2, 0.25) is 0 Å². The van der Waals surface area contributed by atoms with Crippen molar-refractivity contribution in [3.05, 3.63) is 0 Å². The number of ether oxygens (including phenoxy) is 2. The third-order valence-electron chi connectivity index (χ3n) is 10.00. The standard InChI is InChI=1S/C23H38O3/c1-21-10-9-15-16(18(21)7-8-19(21)23(3)13-26-23)6-5-14-12-22(2,24)20(25-4)11-17(14)15/h14-20,24H,5-13H2,1-4H3/t14-,15+,16-,17+,18+,19+,20-,21+,22+,23?/m1/s1. The molecule has 5 fully saturated rings. The number of rotatable bonds is 2. The molecule has 1 unspecified atom stereocenters. The van der Waals surface area contributed by atoms with Gasteiger partial charge in [-0.25, -0.2) is 0 Å². The average Bonchev–Trinajstić information content (AvgIpc) is 3.22. The summed E-state index contributed by atoms with van der Waals surface area (Å²) in [6.07, 6.45) is 10.3. The third-order valence-corrected chi connectivity index (χ3v) is 10.00.